The number of anilines is 2. The third-order valence-electron chi connectivity index (χ3n) is 9.93. The van der Waals surface area contributed by atoms with Crippen LogP contribution < -0.4 is 16.4 Å². The van der Waals surface area contributed by atoms with Crippen molar-refractivity contribution in [1.29, 1.82) is 5.26 Å². The zero-order valence-corrected chi connectivity index (χ0v) is 34.9. The molecule has 0 atom stereocenters. The second-order valence-corrected chi connectivity index (χ2v) is 14.5. The molecule has 0 unspecified atom stereocenters. The molecule has 0 aliphatic rings. The molecule has 0 radical (unpaired) electrons. The number of nitriles is 1. The molecular formula is C48H42N14O2. The Labute approximate surface area is 367 Å². The van der Waals surface area contributed by atoms with E-state index in [2.05, 4.69) is 57.9 Å². The number of hydrogen-bond donors (Lipinski definition) is 3. The number of nitrogens with one attached hydrogen (secondary N) is 2. The average Bonchev–Trinajstić information content (AvgIpc) is 4.16. The number of benzene rings is 4. The summed E-state index contributed by atoms with van der Waals surface area (Å²) in [6.45, 7) is 0.842. The number of rotatable bonds is 9. The smallest absolute Gasteiger partial charge is 0.319 e. The Morgan fingerprint density at radius 2 is 1.12 bits per heavy atom. The van der Waals surface area contributed by atoms with Crippen LogP contribution in [0.5, 0.6) is 0 Å². The average molecular weight is 847 g/mol. The number of aryl methyl sites for hydroxylation is 2. The summed E-state index contributed by atoms with van der Waals surface area (Å²) in [4.78, 5) is 21.1. The van der Waals surface area contributed by atoms with Crippen LogP contribution in [0.2, 0.25) is 0 Å². The summed E-state index contributed by atoms with van der Waals surface area (Å²) in [5.74, 6) is 0. The molecule has 0 spiro atoms. The van der Waals surface area contributed by atoms with Crippen molar-refractivity contribution < 1.29 is 9.53 Å². The predicted octanol–water partition coefficient (Wildman–Crippen LogP) is 8.18. The Hall–Kier alpha value is -9.10. The number of urea groups is 1. The summed E-state index contributed by atoms with van der Waals surface area (Å²) in [5.41, 5.74) is 18.9. The molecule has 2 amide bonds. The largest absolute Gasteiger partial charge is 0.423 e. The maximum Gasteiger partial charge on any atom is 0.319 e. The molecule has 10 aromatic rings. The van der Waals surface area contributed by atoms with Crippen LogP contribution in [0.1, 0.15) is 11.1 Å². The van der Waals surface area contributed by atoms with Crippen molar-refractivity contribution in [3.05, 3.63) is 182 Å². The van der Waals surface area contributed by atoms with Crippen molar-refractivity contribution in [1.82, 2.24) is 54.1 Å². The normalized spacial score (nSPS) is 10.6. The molecule has 0 saturated heterocycles. The van der Waals surface area contributed by atoms with E-state index in [1.165, 1.54) is 0 Å². The lowest BCUT2D eigenvalue weighted by Crippen LogP contribution is -2.28. The van der Waals surface area contributed by atoms with Gasteiger partial charge < -0.3 is 21.1 Å². The van der Waals surface area contributed by atoms with Gasteiger partial charge in [0.2, 0.25) is 0 Å². The number of nitrogens with two attached hydrogens (primary N) is 1. The lowest BCUT2D eigenvalue weighted by atomic mass is 10.1. The molecule has 0 fully saturated rings. The Kier molecular flexibility index (Phi) is 12.7. The highest BCUT2D eigenvalue weighted by molar-refractivity contribution is 5.90. The van der Waals surface area contributed by atoms with Gasteiger partial charge in [-0.05, 0) is 47.5 Å². The Morgan fingerprint density at radius 3 is 1.61 bits per heavy atom. The minimum Gasteiger partial charge on any atom is -0.423 e. The van der Waals surface area contributed by atoms with Crippen LogP contribution in [-0.4, -0.2) is 54.8 Å². The van der Waals surface area contributed by atoms with Gasteiger partial charge in [-0.25, -0.2) is 23.8 Å². The molecule has 0 saturated carbocycles. The summed E-state index contributed by atoms with van der Waals surface area (Å²) >= 11 is 0. The minimum absolute atomic E-state index is 0.251. The molecular weight excluding hydrogens is 805 g/mol. The number of nitrogens with zero attached hydrogens (tertiary/aromatic N) is 11. The number of aromatic nitrogens is 10. The fraction of sp³-hybridized carbons (Fsp3) is 0.0833. The topological polar surface area (TPSA) is 196 Å². The highest BCUT2D eigenvalue weighted by Gasteiger charge is 2.13. The molecule has 16 nitrogen and oxygen atoms in total. The second kappa shape index (κ2) is 19.5. The fourth-order valence-corrected chi connectivity index (χ4v) is 6.76. The monoisotopic (exact) mass is 846 g/mol. The van der Waals surface area contributed by atoms with Gasteiger partial charge in [0.25, 0.3) is 6.26 Å². The summed E-state index contributed by atoms with van der Waals surface area (Å²) in [5, 5.41) is 30.8. The van der Waals surface area contributed by atoms with Gasteiger partial charge in [0, 0.05) is 90.2 Å². The third-order valence-corrected chi connectivity index (χ3v) is 9.93. The molecule has 0 aliphatic heterocycles. The maximum absolute atomic E-state index is 12.2. The van der Waals surface area contributed by atoms with Crippen molar-refractivity contribution in [2.45, 2.75) is 13.2 Å². The fourth-order valence-electron chi connectivity index (χ4n) is 6.76. The number of carbonyl (C=O) groups excluding carboxylic acids is 1. The highest BCUT2D eigenvalue weighted by Crippen LogP contribution is 2.30. The SMILES string of the molecule is Cn1cc(-c2cc3c(-c4ccc(N)cc4)ncnn3c2)cn1.Cn1cc(-c2cc3c(-c4ccc(NC(=O)NCc5ccccc5)cc4)ncnn3c2)cn1.N#COCc1ccccc1. The first-order valence-electron chi connectivity index (χ1n) is 20.0. The first kappa shape index (κ1) is 41.6. The lowest BCUT2D eigenvalue weighted by molar-refractivity contribution is 0.251. The number of carbonyl (C=O) groups is 1. The molecule has 6 heterocycles. The van der Waals surface area contributed by atoms with Crippen LogP contribution in [0, 0.1) is 11.5 Å². The second-order valence-electron chi connectivity index (χ2n) is 14.5. The molecule has 4 N–H and O–H groups in total. The van der Waals surface area contributed by atoms with Gasteiger partial charge in [0.05, 0.1) is 34.8 Å². The number of amides is 2. The van der Waals surface area contributed by atoms with Gasteiger partial charge in [-0.15, -0.1) is 0 Å². The first-order valence-corrected chi connectivity index (χ1v) is 20.0. The van der Waals surface area contributed by atoms with E-state index in [0.29, 0.717) is 18.8 Å². The number of fused-ring (bicyclic) bond motifs is 2. The van der Waals surface area contributed by atoms with E-state index in [1.807, 2.05) is 170 Å². The van der Waals surface area contributed by atoms with E-state index in [0.717, 1.165) is 72.6 Å². The molecule has 64 heavy (non-hydrogen) atoms. The first-order chi connectivity index (χ1) is 31.3. The summed E-state index contributed by atoms with van der Waals surface area (Å²) < 4.78 is 11.7. The van der Waals surface area contributed by atoms with Crippen molar-refractivity contribution in [3.8, 4) is 51.0 Å². The van der Waals surface area contributed by atoms with Crippen LogP contribution in [0.3, 0.4) is 0 Å². The van der Waals surface area contributed by atoms with E-state index in [-0.39, 0.29) is 6.03 Å². The zero-order valence-electron chi connectivity index (χ0n) is 34.9. The van der Waals surface area contributed by atoms with E-state index < -0.39 is 0 Å². The van der Waals surface area contributed by atoms with Crippen LogP contribution in [0.25, 0.3) is 55.8 Å². The van der Waals surface area contributed by atoms with Gasteiger partial charge in [0.15, 0.2) is 0 Å². The Bertz CT molecular complexity index is 3150. The molecule has 0 bridgehead atoms. The van der Waals surface area contributed by atoms with Gasteiger partial charge in [-0.3, -0.25) is 9.36 Å². The van der Waals surface area contributed by atoms with E-state index in [9.17, 15) is 4.79 Å². The highest BCUT2D eigenvalue weighted by atomic mass is 16.5. The van der Waals surface area contributed by atoms with Gasteiger partial charge >= 0.3 is 6.03 Å². The number of hydrogen-bond acceptors (Lipinski definition) is 10. The van der Waals surface area contributed by atoms with Crippen LogP contribution >= 0.6 is 0 Å². The summed E-state index contributed by atoms with van der Waals surface area (Å²) in [6, 6.07) is 38.5. The Morgan fingerprint density at radius 1 is 0.625 bits per heavy atom. The number of nitrogen functional groups attached to an aromatic ring is 1. The van der Waals surface area contributed by atoms with Crippen molar-refractivity contribution >= 4 is 28.4 Å². The van der Waals surface area contributed by atoms with E-state index >= 15 is 0 Å². The molecule has 0 aliphatic carbocycles. The van der Waals surface area contributed by atoms with E-state index in [4.69, 9.17) is 11.0 Å². The molecule has 316 valence electrons. The van der Waals surface area contributed by atoms with Crippen molar-refractivity contribution in [3.63, 3.8) is 0 Å². The summed E-state index contributed by atoms with van der Waals surface area (Å²) in [7, 11) is 3.79. The van der Waals surface area contributed by atoms with Crippen molar-refractivity contribution in [2.24, 2.45) is 14.1 Å². The van der Waals surface area contributed by atoms with Crippen molar-refractivity contribution in [2.75, 3.05) is 11.1 Å². The maximum atomic E-state index is 12.2. The molecule has 6 aromatic heterocycles. The lowest BCUT2D eigenvalue weighted by Gasteiger charge is -2.09. The van der Waals surface area contributed by atoms with Gasteiger partial charge in [-0.2, -0.15) is 25.7 Å². The Balaban J connectivity index is 0.000000150. The van der Waals surface area contributed by atoms with Crippen LogP contribution in [0.15, 0.2) is 171 Å². The van der Waals surface area contributed by atoms with Crippen LogP contribution in [-0.2, 0) is 32.0 Å². The molecule has 4 aromatic carbocycles. The third kappa shape index (κ3) is 10.3. The quantitative estimate of drug-likeness (QED) is 0.0941. The summed E-state index contributed by atoms with van der Waals surface area (Å²) in [6.07, 6.45) is 16.3. The minimum atomic E-state index is -0.251. The molecule has 16 heteroatoms. The van der Waals surface area contributed by atoms with Gasteiger partial charge in [0.1, 0.15) is 19.3 Å². The van der Waals surface area contributed by atoms with Crippen LogP contribution in [0.4, 0.5) is 16.2 Å². The van der Waals surface area contributed by atoms with E-state index in [1.54, 1.807) is 28.3 Å². The number of ether oxygens (including phenoxy) is 1. The standard InChI is InChI=1S/C24H21N7O.C16H14N6.C8H7NO/c1-30-14-20(13-27-30)19-11-22-23(26-16-28-31(22)15-19)18-7-9-21(10-8-18)29-24(32)25-12-17-5-3-2-4-6-17;1-21-8-13(7-19-21)12-6-15-16(18-10-20-22(15)9-12)11-2-4-14(17)5-3-11;9-7-10-6-8-4-2-1-3-5-8/h2-11,13-16H,12H2,1H3,(H2,25,29,32);2-10H,17H2,1H3;1-5H,6H2. The van der Waals surface area contributed by atoms with Gasteiger partial charge in [-0.1, -0.05) is 84.9 Å². The zero-order chi connectivity index (χ0) is 44.3. The molecule has 10 rings (SSSR count). The predicted molar refractivity (Wildman–Crippen MR) is 245 cm³/mol.